The second-order valence-electron chi connectivity index (χ2n) is 7.11. The number of nitriles is 1. The Morgan fingerprint density at radius 2 is 1.85 bits per heavy atom. The minimum atomic E-state index is -0.658. The van der Waals surface area contributed by atoms with Crippen LogP contribution >= 0.6 is 11.3 Å². The number of aromatic nitrogens is 2. The van der Waals surface area contributed by atoms with Crippen LogP contribution in [0.1, 0.15) is 32.6 Å². The van der Waals surface area contributed by atoms with Gasteiger partial charge in [0.05, 0.1) is 30.7 Å². The number of carbonyl (C=O) groups is 2. The summed E-state index contributed by atoms with van der Waals surface area (Å²) in [5.41, 5.74) is 8.93. The van der Waals surface area contributed by atoms with Crippen molar-refractivity contribution >= 4 is 29.0 Å². The number of nitrogens with two attached hydrogens (primary N) is 1. The zero-order valence-corrected chi connectivity index (χ0v) is 19.3. The Labute approximate surface area is 199 Å². The first-order valence-electron chi connectivity index (χ1n) is 10.3. The Hall–Kier alpha value is -4.42. The summed E-state index contributed by atoms with van der Waals surface area (Å²) in [5.74, 6) is -1.10. The highest BCUT2D eigenvalue weighted by Gasteiger charge is 2.24. The van der Waals surface area contributed by atoms with Gasteiger partial charge < -0.3 is 19.8 Å². The van der Waals surface area contributed by atoms with E-state index >= 15 is 0 Å². The number of esters is 2. The zero-order valence-electron chi connectivity index (χ0n) is 18.4. The maximum atomic E-state index is 12.6. The van der Waals surface area contributed by atoms with E-state index in [1.807, 2.05) is 42.5 Å². The molecule has 0 aliphatic rings. The molecule has 0 aliphatic carbocycles. The van der Waals surface area contributed by atoms with Crippen molar-refractivity contribution in [1.82, 2.24) is 9.55 Å². The number of thiazole rings is 1. The smallest absolute Gasteiger partial charge is 0.357 e. The number of benzene rings is 2. The lowest BCUT2D eigenvalue weighted by molar-refractivity contribution is 0.0531. The van der Waals surface area contributed by atoms with Gasteiger partial charge in [0.2, 0.25) is 0 Å². The maximum absolute atomic E-state index is 12.6. The van der Waals surface area contributed by atoms with Crippen LogP contribution in [0.2, 0.25) is 0 Å². The van der Waals surface area contributed by atoms with Crippen LogP contribution in [0, 0.1) is 11.3 Å². The van der Waals surface area contributed by atoms with E-state index in [4.69, 9.17) is 20.2 Å². The molecule has 4 rings (SSSR count). The molecule has 2 aromatic carbocycles. The fourth-order valence-corrected chi connectivity index (χ4v) is 4.45. The lowest BCUT2D eigenvalue weighted by atomic mass is 10.1. The monoisotopic (exact) mass is 472 g/mol. The number of hydrogen-bond donors (Lipinski definition) is 1. The summed E-state index contributed by atoms with van der Waals surface area (Å²) in [5, 5.41) is 9.98. The normalized spacial score (nSPS) is 10.5. The van der Waals surface area contributed by atoms with Crippen molar-refractivity contribution in [3.63, 3.8) is 0 Å². The van der Waals surface area contributed by atoms with Gasteiger partial charge in [0.25, 0.3) is 0 Å². The molecule has 0 atom stereocenters. The van der Waals surface area contributed by atoms with E-state index in [9.17, 15) is 14.9 Å². The zero-order chi connectivity index (χ0) is 24.2. The molecule has 0 amide bonds. The molecule has 34 heavy (non-hydrogen) atoms. The van der Waals surface area contributed by atoms with Crippen molar-refractivity contribution < 1.29 is 19.1 Å². The average Bonchev–Trinajstić information content (AvgIpc) is 3.46. The third-order valence-electron chi connectivity index (χ3n) is 5.05. The van der Waals surface area contributed by atoms with Crippen molar-refractivity contribution in [1.29, 1.82) is 5.26 Å². The maximum Gasteiger partial charge on any atom is 0.357 e. The molecular formula is C25H20N4O4S. The van der Waals surface area contributed by atoms with Gasteiger partial charge in [-0.15, -0.1) is 11.3 Å². The Balaban J connectivity index is 1.84. The summed E-state index contributed by atoms with van der Waals surface area (Å²) in [6.45, 7) is 2.01. The first kappa shape index (κ1) is 22.8. The Kier molecular flexibility index (Phi) is 6.43. The Morgan fingerprint density at radius 1 is 1.12 bits per heavy atom. The molecule has 0 aliphatic heterocycles. The number of nitrogen functional groups attached to an aromatic ring is 1. The lowest BCUT2D eigenvalue weighted by Crippen LogP contribution is -2.11. The summed E-state index contributed by atoms with van der Waals surface area (Å²) in [4.78, 5) is 30.2. The number of hydrogen-bond acceptors (Lipinski definition) is 8. The molecule has 2 N–H and O–H groups in total. The van der Waals surface area contributed by atoms with E-state index in [1.165, 1.54) is 29.2 Å². The van der Waals surface area contributed by atoms with E-state index in [2.05, 4.69) is 0 Å². The molecule has 2 heterocycles. The third kappa shape index (κ3) is 4.14. The van der Waals surface area contributed by atoms with Gasteiger partial charge >= 0.3 is 11.9 Å². The highest BCUT2D eigenvalue weighted by atomic mass is 32.1. The number of anilines is 1. The fraction of sp³-hybridized carbons (Fsp3) is 0.120. The fourth-order valence-electron chi connectivity index (χ4n) is 3.48. The second kappa shape index (κ2) is 9.60. The standard InChI is InChI=1S/C25H20N4O4S/c1-3-33-25(31)22-20(15-8-5-4-6-9-15)28-23(34-22)16-10-7-11-18(12-16)29-14-17(13-26)19(27)21(29)24(30)32-2/h4-12,14H,3,27H2,1-2H3. The lowest BCUT2D eigenvalue weighted by Gasteiger charge is -2.09. The first-order valence-corrected chi connectivity index (χ1v) is 11.1. The van der Waals surface area contributed by atoms with Crippen LogP contribution in [0.25, 0.3) is 27.5 Å². The molecule has 0 radical (unpaired) electrons. The predicted octanol–water partition coefficient (Wildman–Crippen LogP) is 4.68. The van der Waals surface area contributed by atoms with Gasteiger partial charge in [-0.1, -0.05) is 42.5 Å². The summed E-state index contributed by atoms with van der Waals surface area (Å²) in [6.07, 6.45) is 1.49. The molecule has 170 valence electrons. The van der Waals surface area contributed by atoms with Gasteiger partial charge in [0.1, 0.15) is 16.0 Å². The molecule has 2 aromatic heterocycles. The molecule has 0 bridgehead atoms. The number of ether oxygens (including phenoxy) is 2. The van der Waals surface area contributed by atoms with E-state index in [0.717, 1.165) is 11.1 Å². The quantitative estimate of drug-likeness (QED) is 0.404. The predicted molar refractivity (Wildman–Crippen MR) is 129 cm³/mol. The van der Waals surface area contributed by atoms with Crippen molar-refractivity contribution in [2.24, 2.45) is 0 Å². The summed E-state index contributed by atoms with van der Waals surface area (Å²) in [7, 11) is 1.25. The van der Waals surface area contributed by atoms with Crippen LogP contribution in [-0.4, -0.2) is 35.2 Å². The molecule has 4 aromatic rings. The number of rotatable bonds is 6. The highest BCUT2D eigenvalue weighted by Crippen LogP contribution is 2.35. The molecule has 0 saturated carbocycles. The van der Waals surface area contributed by atoms with Crippen LogP contribution in [0.3, 0.4) is 0 Å². The van der Waals surface area contributed by atoms with Gasteiger partial charge in [0, 0.05) is 23.0 Å². The van der Waals surface area contributed by atoms with E-state index in [-0.39, 0.29) is 23.6 Å². The van der Waals surface area contributed by atoms with Crippen molar-refractivity contribution in [2.75, 3.05) is 19.5 Å². The molecule has 8 nitrogen and oxygen atoms in total. The van der Waals surface area contributed by atoms with E-state index in [0.29, 0.717) is 21.3 Å². The van der Waals surface area contributed by atoms with Crippen LogP contribution in [-0.2, 0) is 9.47 Å². The van der Waals surface area contributed by atoms with Crippen LogP contribution in [0.15, 0.2) is 60.8 Å². The van der Waals surface area contributed by atoms with Gasteiger partial charge in [0.15, 0.2) is 5.69 Å². The van der Waals surface area contributed by atoms with Crippen molar-refractivity contribution in [2.45, 2.75) is 6.92 Å². The summed E-state index contributed by atoms with van der Waals surface area (Å²) in [6, 6.07) is 18.6. The minimum Gasteiger partial charge on any atom is -0.464 e. The van der Waals surface area contributed by atoms with Crippen LogP contribution < -0.4 is 5.73 Å². The van der Waals surface area contributed by atoms with Gasteiger partial charge in [-0.3, -0.25) is 0 Å². The van der Waals surface area contributed by atoms with Gasteiger partial charge in [-0.2, -0.15) is 5.26 Å². The second-order valence-corrected chi connectivity index (χ2v) is 8.11. The number of carbonyl (C=O) groups excluding carboxylic acids is 2. The minimum absolute atomic E-state index is 0.0463. The van der Waals surface area contributed by atoms with Crippen LogP contribution in [0.5, 0.6) is 0 Å². The highest BCUT2D eigenvalue weighted by molar-refractivity contribution is 7.17. The molecular weight excluding hydrogens is 452 g/mol. The number of methoxy groups -OCH3 is 1. The summed E-state index contributed by atoms with van der Waals surface area (Å²) < 4.78 is 11.6. The van der Waals surface area contributed by atoms with Gasteiger partial charge in [-0.25, -0.2) is 14.6 Å². The largest absolute Gasteiger partial charge is 0.464 e. The summed E-state index contributed by atoms with van der Waals surface area (Å²) >= 11 is 1.22. The topological polar surface area (TPSA) is 120 Å². The third-order valence-corrected chi connectivity index (χ3v) is 6.13. The Bertz CT molecular complexity index is 1420. The van der Waals surface area contributed by atoms with Crippen LogP contribution in [0.4, 0.5) is 5.69 Å². The molecule has 0 spiro atoms. The molecule has 0 saturated heterocycles. The molecule has 9 heteroatoms. The first-order chi connectivity index (χ1) is 16.5. The van der Waals surface area contributed by atoms with E-state index < -0.39 is 11.9 Å². The number of nitrogens with zero attached hydrogens (tertiary/aromatic N) is 3. The molecule has 0 fully saturated rings. The average molecular weight is 473 g/mol. The van der Waals surface area contributed by atoms with Crippen molar-refractivity contribution in [3.05, 3.63) is 76.9 Å². The Morgan fingerprint density at radius 3 is 2.53 bits per heavy atom. The SMILES string of the molecule is CCOC(=O)c1sc(-c2cccc(-n3cc(C#N)c(N)c3C(=O)OC)c2)nc1-c1ccccc1. The van der Waals surface area contributed by atoms with Crippen molar-refractivity contribution in [3.8, 4) is 33.6 Å². The van der Waals surface area contributed by atoms with E-state index in [1.54, 1.807) is 25.1 Å². The molecule has 0 unspecified atom stereocenters. The van der Waals surface area contributed by atoms with Gasteiger partial charge in [-0.05, 0) is 19.1 Å².